The van der Waals surface area contributed by atoms with Crippen molar-refractivity contribution in [3.05, 3.63) is 65.5 Å². The van der Waals surface area contributed by atoms with Gasteiger partial charge in [-0.2, -0.15) is 5.10 Å². The van der Waals surface area contributed by atoms with Gasteiger partial charge in [-0.15, -0.1) is 0 Å². The highest BCUT2D eigenvalue weighted by atomic mass is 16.5. The molecule has 0 spiro atoms. The Morgan fingerprint density at radius 3 is 2.41 bits per heavy atom. The van der Waals surface area contributed by atoms with Gasteiger partial charge in [-0.25, -0.2) is 14.5 Å². The first-order valence-corrected chi connectivity index (χ1v) is 11.5. The van der Waals surface area contributed by atoms with E-state index in [1.54, 1.807) is 23.9 Å². The number of hydrogen-bond donors (Lipinski definition) is 1. The summed E-state index contributed by atoms with van der Waals surface area (Å²) >= 11 is 0. The van der Waals surface area contributed by atoms with Crippen LogP contribution in [0.1, 0.15) is 28.5 Å². The van der Waals surface area contributed by atoms with Crippen molar-refractivity contribution in [3.63, 3.8) is 0 Å². The lowest BCUT2D eigenvalue weighted by molar-refractivity contribution is -0.117. The molecule has 3 heterocycles. The minimum absolute atomic E-state index is 0.0707. The second-order valence-corrected chi connectivity index (χ2v) is 8.36. The molecule has 1 amide bonds. The van der Waals surface area contributed by atoms with E-state index >= 15 is 0 Å². The third-order valence-corrected chi connectivity index (χ3v) is 5.70. The highest BCUT2D eigenvalue weighted by Gasteiger charge is 2.21. The monoisotopic (exact) mass is 462 g/mol. The van der Waals surface area contributed by atoms with Crippen LogP contribution in [0, 0.1) is 13.8 Å². The molecule has 0 bridgehead atoms. The van der Waals surface area contributed by atoms with Crippen LogP contribution < -0.4 is 10.2 Å². The predicted molar refractivity (Wildman–Crippen MR) is 131 cm³/mol. The number of hydrogen-bond acceptors (Lipinski definition) is 7. The lowest BCUT2D eigenvalue weighted by atomic mass is 10.2. The first-order chi connectivity index (χ1) is 16.4. The lowest BCUT2D eigenvalue weighted by Crippen LogP contribution is -2.49. The minimum Gasteiger partial charge on any atom is -0.462 e. The standard InChI is InChI=1S/C25H30N6O3/c1-4-34-25(33)20-7-10-22(26-16-20)30-13-11-29(12-14-30)17-24(32)27-23-15-19(3)28-31(23)21-8-5-18(2)6-9-21/h5-10,15-16H,4,11-14,17H2,1-3H3,(H,27,32). The number of anilines is 2. The van der Waals surface area contributed by atoms with Crippen LogP contribution in [-0.4, -0.2) is 70.9 Å². The zero-order chi connectivity index (χ0) is 24.1. The van der Waals surface area contributed by atoms with Crippen molar-refractivity contribution >= 4 is 23.5 Å². The van der Waals surface area contributed by atoms with Gasteiger partial charge in [-0.3, -0.25) is 9.69 Å². The summed E-state index contributed by atoms with van der Waals surface area (Å²) in [4.78, 5) is 33.3. The molecule has 9 nitrogen and oxygen atoms in total. The number of benzene rings is 1. The van der Waals surface area contributed by atoms with E-state index in [2.05, 4.69) is 25.2 Å². The van der Waals surface area contributed by atoms with Gasteiger partial charge >= 0.3 is 5.97 Å². The normalized spacial score (nSPS) is 14.1. The van der Waals surface area contributed by atoms with Crippen molar-refractivity contribution in [1.29, 1.82) is 0 Å². The van der Waals surface area contributed by atoms with Gasteiger partial charge in [-0.1, -0.05) is 17.7 Å². The summed E-state index contributed by atoms with van der Waals surface area (Å²) in [5.74, 6) is 1.04. The fourth-order valence-electron chi connectivity index (χ4n) is 3.90. The predicted octanol–water partition coefficient (Wildman–Crippen LogP) is 2.82. The molecular weight excluding hydrogens is 432 g/mol. The van der Waals surface area contributed by atoms with Crippen LogP contribution in [0.2, 0.25) is 0 Å². The molecule has 1 N–H and O–H groups in total. The van der Waals surface area contributed by atoms with Gasteiger partial charge in [0.25, 0.3) is 0 Å². The molecule has 0 atom stereocenters. The number of piperazine rings is 1. The Morgan fingerprint density at radius 2 is 1.76 bits per heavy atom. The quantitative estimate of drug-likeness (QED) is 0.540. The highest BCUT2D eigenvalue weighted by molar-refractivity contribution is 5.92. The Hall–Kier alpha value is -3.72. The number of pyridine rings is 1. The largest absolute Gasteiger partial charge is 0.462 e. The third-order valence-electron chi connectivity index (χ3n) is 5.70. The topological polar surface area (TPSA) is 92.6 Å². The van der Waals surface area contributed by atoms with Crippen molar-refractivity contribution < 1.29 is 14.3 Å². The lowest BCUT2D eigenvalue weighted by Gasteiger charge is -2.35. The molecule has 178 valence electrons. The zero-order valence-electron chi connectivity index (χ0n) is 19.8. The summed E-state index contributed by atoms with van der Waals surface area (Å²) in [5.41, 5.74) is 3.36. The molecule has 3 aromatic rings. The first-order valence-electron chi connectivity index (χ1n) is 11.5. The molecule has 1 fully saturated rings. The first kappa shape index (κ1) is 23.4. The fraction of sp³-hybridized carbons (Fsp3) is 0.360. The summed E-state index contributed by atoms with van der Waals surface area (Å²) < 4.78 is 6.76. The Labute approximate surface area is 199 Å². The number of nitrogens with one attached hydrogen (secondary N) is 1. The van der Waals surface area contributed by atoms with Crippen molar-refractivity contribution in [2.24, 2.45) is 0 Å². The number of carbonyl (C=O) groups excluding carboxylic acids is 2. The van der Waals surface area contributed by atoms with Crippen molar-refractivity contribution in [2.75, 3.05) is 49.5 Å². The Morgan fingerprint density at radius 1 is 1.03 bits per heavy atom. The van der Waals surface area contributed by atoms with Crippen LogP contribution in [0.4, 0.5) is 11.6 Å². The van der Waals surface area contributed by atoms with E-state index in [1.165, 1.54) is 5.56 Å². The molecule has 0 saturated carbocycles. The zero-order valence-corrected chi connectivity index (χ0v) is 19.8. The van der Waals surface area contributed by atoms with Crippen molar-refractivity contribution in [2.45, 2.75) is 20.8 Å². The van der Waals surface area contributed by atoms with Crippen LogP contribution in [-0.2, 0) is 9.53 Å². The second-order valence-electron chi connectivity index (χ2n) is 8.36. The van der Waals surface area contributed by atoms with Crippen molar-refractivity contribution in [1.82, 2.24) is 19.7 Å². The average molecular weight is 463 g/mol. The molecule has 34 heavy (non-hydrogen) atoms. The van der Waals surface area contributed by atoms with Gasteiger partial charge in [0.05, 0.1) is 30.1 Å². The SMILES string of the molecule is CCOC(=O)c1ccc(N2CCN(CC(=O)Nc3cc(C)nn3-c3ccc(C)cc3)CC2)nc1. The summed E-state index contributed by atoms with van der Waals surface area (Å²) in [6.45, 7) is 9.35. The average Bonchev–Trinajstić information content (AvgIpc) is 3.20. The van der Waals surface area contributed by atoms with Gasteiger partial charge in [-0.05, 0) is 45.0 Å². The molecule has 1 aliphatic heterocycles. The highest BCUT2D eigenvalue weighted by Crippen LogP contribution is 2.18. The van der Waals surface area contributed by atoms with Crippen LogP contribution in [0.5, 0.6) is 0 Å². The summed E-state index contributed by atoms with van der Waals surface area (Å²) in [6, 6.07) is 13.5. The molecule has 0 radical (unpaired) electrons. The molecule has 1 aliphatic rings. The number of aromatic nitrogens is 3. The number of nitrogens with zero attached hydrogens (tertiary/aromatic N) is 5. The van der Waals surface area contributed by atoms with Gasteiger partial charge in [0.2, 0.25) is 5.91 Å². The van der Waals surface area contributed by atoms with E-state index in [4.69, 9.17) is 4.74 Å². The summed E-state index contributed by atoms with van der Waals surface area (Å²) in [5, 5.41) is 7.54. The smallest absolute Gasteiger partial charge is 0.339 e. The van der Waals surface area contributed by atoms with E-state index in [0.717, 1.165) is 43.4 Å². The molecule has 0 aliphatic carbocycles. The number of aryl methyl sites for hydroxylation is 2. The van der Waals surface area contributed by atoms with Gasteiger partial charge in [0.15, 0.2) is 0 Å². The maximum atomic E-state index is 12.8. The Balaban J connectivity index is 1.31. The number of esters is 1. The molecule has 1 aromatic carbocycles. The second kappa shape index (κ2) is 10.5. The maximum absolute atomic E-state index is 12.8. The van der Waals surface area contributed by atoms with E-state index in [1.807, 2.05) is 50.2 Å². The van der Waals surface area contributed by atoms with Crippen LogP contribution in [0.3, 0.4) is 0 Å². The molecule has 1 saturated heterocycles. The van der Waals surface area contributed by atoms with Crippen molar-refractivity contribution in [3.8, 4) is 5.69 Å². The van der Waals surface area contributed by atoms with Gasteiger partial charge in [0.1, 0.15) is 11.6 Å². The number of ether oxygens (including phenoxy) is 1. The number of amides is 1. The third kappa shape index (κ3) is 5.60. The van der Waals surface area contributed by atoms with Gasteiger partial charge in [0, 0.05) is 38.4 Å². The molecule has 9 heteroatoms. The molecule has 4 rings (SSSR count). The number of rotatable bonds is 7. The Kier molecular flexibility index (Phi) is 7.22. The number of carbonyl (C=O) groups is 2. The summed E-state index contributed by atoms with van der Waals surface area (Å²) in [6.07, 6.45) is 1.55. The molecule has 2 aromatic heterocycles. The van der Waals surface area contributed by atoms with Crippen LogP contribution >= 0.6 is 0 Å². The van der Waals surface area contributed by atoms with Crippen LogP contribution in [0.15, 0.2) is 48.7 Å². The molecule has 0 unspecified atom stereocenters. The van der Waals surface area contributed by atoms with Crippen LogP contribution in [0.25, 0.3) is 5.69 Å². The maximum Gasteiger partial charge on any atom is 0.339 e. The Bertz CT molecular complexity index is 1130. The minimum atomic E-state index is -0.365. The molecular formula is C25H30N6O3. The fourth-order valence-corrected chi connectivity index (χ4v) is 3.90. The van der Waals surface area contributed by atoms with E-state index < -0.39 is 0 Å². The van der Waals surface area contributed by atoms with E-state index in [-0.39, 0.29) is 11.9 Å². The van der Waals surface area contributed by atoms with E-state index in [0.29, 0.717) is 24.5 Å². The van der Waals surface area contributed by atoms with E-state index in [9.17, 15) is 9.59 Å². The summed E-state index contributed by atoms with van der Waals surface area (Å²) in [7, 11) is 0. The van der Waals surface area contributed by atoms with Gasteiger partial charge < -0.3 is 15.0 Å².